The van der Waals surface area contributed by atoms with E-state index in [2.05, 4.69) is 5.32 Å². The Morgan fingerprint density at radius 1 is 1.50 bits per heavy atom. The molecule has 16 heavy (non-hydrogen) atoms. The number of benzene rings is 1. The number of carbonyl (C=O) groups is 1. The Balaban J connectivity index is 2.78. The topological polar surface area (TPSA) is 98.2 Å². The van der Waals surface area contributed by atoms with E-state index < -0.39 is 16.7 Å². The molecule has 0 fully saturated rings. The first-order valence-corrected chi connectivity index (χ1v) is 6.46. The maximum atomic E-state index is 11.1. The molecule has 1 rings (SSSR count). The molecule has 6 heteroatoms. The van der Waals surface area contributed by atoms with Crippen LogP contribution in [-0.4, -0.2) is 28.7 Å². The van der Waals surface area contributed by atoms with Gasteiger partial charge in [-0.1, -0.05) is 0 Å². The maximum Gasteiger partial charge on any atom is 0.250 e. The molecule has 1 amide bonds. The fraction of sp³-hybridized carbons (Fsp3) is 0.300. The number of nitrogen functional groups attached to an aromatic ring is 1. The molecule has 0 saturated carbocycles. The summed E-state index contributed by atoms with van der Waals surface area (Å²) < 4.78 is 10.9. The molecular formula is C10H15N3O2S. The third-order valence-corrected chi connectivity index (χ3v) is 2.79. The highest BCUT2D eigenvalue weighted by Gasteiger charge is 2.08. The average Bonchev–Trinajstić information content (AvgIpc) is 2.19. The third kappa shape index (κ3) is 3.54. The van der Waals surface area contributed by atoms with E-state index in [-0.39, 0.29) is 0 Å². The van der Waals surface area contributed by atoms with Gasteiger partial charge in [-0.05, 0) is 18.2 Å². The number of nitrogens with two attached hydrogens (primary N) is 2. The van der Waals surface area contributed by atoms with Crippen LogP contribution in [0.1, 0.15) is 10.4 Å². The van der Waals surface area contributed by atoms with Crippen LogP contribution in [-0.2, 0) is 10.8 Å². The lowest BCUT2D eigenvalue weighted by Gasteiger charge is -2.09. The van der Waals surface area contributed by atoms with Gasteiger partial charge in [0.25, 0.3) is 5.91 Å². The average molecular weight is 241 g/mol. The number of hydrogen-bond donors (Lipinski definition) is 3. The Morgan fingerprint density at radius 3 is 2.75 bits per heavy atom. The van der Waals surface area contributed by atoms with E-state index >= 15 is 0 Å². The number of amides is 1. The van der Waals surface area contributed by atoms with E-state index in [1.807, 2.05) is 0 Å². The van der Waals surface area contributed by atoms with Crippen molar-refractivity contribution in [2.45, 2.75) is 0 Å². The van der Waals surface area contributed by atoms with Crippen molar-refractivity contribution < 1.29 is 9.00 Å². The summed E-state index contributed by atoms with van der Waals surface area (Å²) in [7, 11) is -0.864. The summed E-state index contributed by atoms with van der Waals surface area (Å²) in [6, 6.07) is 4.89. The standard InChI is InChI=1S/C10H15N3O2S/c1-16(15)5-4-13-9-3-2-7(11)6-8(9)10(12)14/h2-3,6,13H,4-5,11H2,1H3,(H2,12,14). The van der Waals surface area contributed by atoms with Crippen LogP contribution in [0.5, 0.6) is 0 Å². The van der Waals surface area contributed by atoms with Crippen molar-refractivity contribution in [2.24, 2.45) is 5.73 Å². The zero-order valence-electron chi connectivity index (χ0n) is 9.03. The van der Waals surface area contributed by atoms with Crippen LogP contribution in [0.4, 0.5) is 11.4 Å². The zero-order chi connectivity index (χ0) is 12.1. The van der Waals surface area contributed by atoms with Crippen molar-refractivity contribution >= 4 is 28.1 Å². The number of hydrogen-bond acceptors (Lipinski definition) is 4. The molecule has 5 N–H and O–H groups in total. The minimum absolute atomic E-state index is 0.349. The van der Waals surface area contributed by atoms with Gasteiger partial charge in [0.05, 0.1) is 5.56 Å². The van der Waals surface area contributed by atoms with E-state index in [4.69, 9.17) is 11.5 Å². The molecule has 0 spiro atoms. The number of anilines is 2. The second kappa shape index (κ2) is 5.50. The monoisotopic (exact) mass is 241 g/mol. The number of primary amides is 1. The molecule has 0 heterocycles. The van der Waals surface area contributed by atoms with Gasteiger partial charge in [0, 0.05) is 40.7 Å². The molecule has 1 atom stereocenters. The SMILES string of the molecule is CS(=O)CCNc1ccc(N)cc1C(N)=O. The van der Waals surface area contributed by atoms with Crippen LogP contribution in [0.3, 0.4) is 0 Å². The van der Waals surface area contributed by atoms with Crippen molar-refractivity contribution in [2.75, 3.05) is 29.6 Å². The molecule has 0 bridgehead atoms. The van der Waals surface area contributed by atoms with Gasteiger partial charge in [-0.15, -0.1) is 0 Å². The lowest BCUT2D eigenvalue weighted by molar-refractivity contribution is 0.100. The van der Waals surface area contributed by atoms with Crippen molar-refractivity contribution in [3.63, 3.8) is 0 Å². The van der Waals surface area contributed by atoms with Crippen LogP contribution >= 0.6 is 0 Å². The number of carbonyl (C=O) groups excluding carboxylic acids is 1. The fourth-order valence-electron chi connectivity index (χ4n) is 1.25. The predicted octanol–water partition coefficient (Wildman–Crippen LogP) is 0.158. The summed E-state index contributed by atoms with van der Waals surface area (Å²) in [5.41, 5.74) is 12.2. The second-order valence-electron chi connectivity index (χ2n) is 3.37. The van der Waals surface area contributed by atoms with Gasteiger partial charge in [0.15, 0.2) is 0 Å². The minimum atomic E-state index is -0.864. The molecule has 1 unspecified atom stereocenters. The Kier molecular flexibility index (Phi) is 4.30. The van der Waals surface area contributed by atoms with Gasteiger partial charge < -0.3 is 16.8 Å². The summed E-state index contributed by atoms with van der Waals surface area (Å²) in [5.74, 6) is -0.0183. The first-order valence-electron chi connectivity index (χ1n) is 4.74. The van der Waals surface area contributed by atoms with Crippen molar-refractivity contribution in [3.8, 4) is 0 Å². The summed E-state index contributed by atoms with van der Waals surface area (Å²) in [6.07, 6.45) is 1.62. The Morgan fingerprint density at radius 2 is 2.19 bits per heavy atom. The van der Waals surface area contributed by atoms with E-state index in [1.54, 1.807) is 18.4 Å². The first-order chi connectivity index (χ1) is 7.50. The first kappa shape index (κ1) is 12.5. The van der Waals surface area contributed by atoms with Gasteiger partial charge in [-0.3, -0.25) is 9.00 Å². The van der Waals surface area contributed by atoms with Gasteiger partial charge in [-0.25, -0.2) is 0 Å². The summed E-state index contributed by atoms with van der Waals surface area (Å²) >= 11 is 0. The maximum absolute atomic E-state index is 11.1. The van der Waals surface area contributed by atoms with Crippen LogP contribution in [0.25, 0.3) is 0 Å². The normalized spacial score (nSPS) is 12.1. The zero-order valence-corrected chi connectivity index (χ0v) is 9.84. The highest BCUT2D eigenvalue weighted by Crippen LogP contribution is 2.18. The molecule has 0 radical (unpaired) electrons. The third-order valence-electron chi connectivity index (χ3n) is 2.01. The molecular weight excluding hydrogens is 226 g/mol. The van der Waals surface area contributed by atoms with Gasteiger partial charge >= 0.3 is 0 Å². The van der Waals surface area contributed by atoms with Crippen molar-refractivity contribution in [1.29, 1.82) is 0 Å². The summed E-state index contributed by atoms with van der Waals surface area (Å²) in [5, 5.41) is 3.00. The number of nitrogens with one attached hydrogen (secondary N) is 1. The second-order valence-corrected chi connectivity index (χ2v) is 4.93. The summed E-state index contributed by atoms with van der Waals surface area (Å²) in [4.78, 5) is 11.1. The minimum Gasteiger partial charge on any atom is -0.399 e. The fourth-order valence-corrected chi connectivity index (χ4v) is 1.64. The highest BCUT2D eigenvalue weighted by atomic mass is 32.2. The quantitative estimate of drug-likeness (QED) is 0.639. The van der Waals surface area contributed by atoms with Crippen LogP contribution in [0, 0.1) is 0 Å². The number of rotatable bonds is 5. The highest BCUT2D eigenvalue weighted by molar-refractivity contribution is 7.84. The molecule has 1 aromatic rings. The van der Waals surface area contributed by atoms with Gasteiger partial charge in [0.1, 0.15) is 0 Å². The molecule has 0 saturated heterocycles. The van der Waals surface area contributed by atoms with Crippen LogP contribution in [0.2, 0.25) is 0 Å². The lowest BCUT2D eigenvalue weighted by Crippen LogP contribution is -2.17. The lowest BCUT2D eigenvalue weighted by atomic mass is 10.1. The Labute approximate surface area is 96.7 Å². The predicted molar refractivity (Wildman–Crippen MR) is 66.8 cm³/mol. The van der Waals surface area contributed by atoms with E-state index in [9.17, 15) is 9.00 Å². The Bertz CT molecular complexity index is 421. The van der Waals surface area contributed by atoms with Crippen LogP contribution in [0.15, 0.2) is 18.2 Å². The van der Waals surface area contributed by atoms with Crippen molar-refractivity contribution in [1.82, 2.24) is 0 Å². The smallest absolute Gasteiger partial charge is 0.250 e. The van der Waals surface area contributed by atoms with E-state index in [0.717, 1.165) is 0 Å². The molecule has 0 aromatic heterocycles. The van der Waals surface area contributed by atoms with Crippen LogP contribution < -0.4 is 16.8 Å². The van der Waals surface area contributed by atoms with Gasteiger partial charge in [-0.2, -0.15) is 0 Å². The molecule has 88 valence electrons. The van der Waals surface area contributed by atoms with Gasteiger partial charge in [0.2, 0.25) is 0 Å². The molecule has 1 aromatic carbocycles. The molecule has 5 nitrogen and oxygen atoms in total. The Hall–Kier alpha value is -1.56. The molecule has 0 aliphatic carbocycles. The summed E-state index contributed by atoms with van der Waals surface area (Å²) in [6.45, 7) is 0.521. The molecule has 0 aliphatic rings. The largest absolute Gasteiger partial charge is 0.399 e. The van der Waals surface area contributed by atoms with Crippen molar-refractivity contribution in [3.05, 3.63) is 23.8 Å². The van der Waals surface area contributed by atoms with E-state index in [1.165, 1.54) is 6.07 Å². The van der Waals surface area contributed by atoms with E-state index in [0.29, 0.717) is 29.2 Å². The molecule has 0 aliphatic heterocycles.